The molecule has 0 saturated carbocycles. The molecule has 2 heterocycles. The van der Waals surface area contributed by atoms with Crippen molar-refractivity contribution in [3.05, 3.63) is 87.6 Å². The summed E-state index contributed by atoms with van der Waals surface area (Å²) in [6, 6.07) is 20.7. The van der Waals surface area contributed by atoms with Crippen molar-refractivity contribution in [2.75, 3.05) is 37.6 Å². The third-order valence-corrected chi connectivity index (χ3v) is 6.86. The molecule has 30 heavy (non-hydrogen) atoms. The Morgan fingerprint density at radius 1 is 0.967 bits per heavy atom. The topological polar surface area (TPSA) is 35.6 Å². The number of hydrogen-bond acceptors (Lipinski definition) is 4. The molecule has 1 atom stereocenters. The summed E-state index contributed by atoms with van der Waals surface area (Å²) in [4.78, 5) is 18.7. The molecule has 1 fully saturated rings. The number of nitrogens with one attached hydrogen (secondary N) is 1. The number of rotatable bonds is 6. The second kappa shape index (κ2) is 9.45. The van der Waals surface area contributed by atoms with Gasteiger partial charge in [0.15, 0.2) is 0 Å². The third-order valence-electron chi connectivity index (χ3n) is 5.92. The highest BCUT2D eigenvalue weighted by molar-refractivity contribution is 7.10. The molecule has 1 saturated heterocycles. The lowest BCUT2D eigenvalue weighted by molar-refractivity contribution is -0.122. The van der Waals surface area contributed by atoms with Gasteiger partial charge < -0.3 is 10.2 Å². The van der Waals surface area contributed by atoms with E-state index < -0.39 is 0 Å². The number of thiophene rings is 1. The van der Waals surface area contributed by atoms with Crippen molar-refractivity contribution in [3.63, 3.8) is 0 Å². The van der Waals surface area contributed by atoms with Gasteiger partial charge in [0.25, 0.3) is 0 Å². The van der Waals surface area contributed by atoms with Gasteiger partial charge in [0.2, 0.25) is 5.91 Å². The average molecular weight is 420 g/mol. The number of carbonyl (C=O) groups is 1. The monoisotopic (exact) mass is 419 g/mol. The van der Waals surface area contributed by atoms with Crippen LogP contribution in [0.2, 0.25) is 0 Å². The summed E-state index contributed by atoms with van der Waals surface area (Å²) < 4.78 is 0. The van der Waals surface area contributed by atoms with E-state index >= 15 is 0 Å². The quantitative estimate of drug-likeness (QED) is 0.644. The molecular formula is C25H29N3OS. The second-order valence-corrected chi connectivity index (χ2v) is 8.89. The van der Waals surface area contributed by atoms with Crippen LogP contribution in [0.3, 0.4) is 0 Å². The van der Waals surface area contributed by atoms with Crippen LogP contribution < -0.4 is 10.2 Å². The van der Waals surface area contributed by atoms with Crippen LogP contribution >= 0.6 is 11.3 Å². The number of benzene rings is 2. The molecule has 1 aromatic heterocycles. The highest BCUT2D eigenvalue weighted by Gasteiger charge is 2.23. The molecular weight excluding hydrogens is 390 g/mol. The van der Waals surface area contributed by atoms with E-state index in [0.29, 0.717) is 6.54 Å². The van der Waals surface area contributed by atoms with Crippen LogP contribution in [-0.2, 0) is 4.79 Å². The Hall–Kier alpha value is -2.63. The van der Waals surface area contributed by atoms with Crippen molar-refractivity contribution in [2.45, 2.75) is 19.9 Å². The van der Waals surface area contributed by atoms with Gasteiger partial charge in [0.05, 0.1) is 12.6 Å². The normalized spacial score (nSPS) is 15.7. The van der Waals surface area contributed by atoms with E-state index in [1.54, 1.807) is 11.3 Å². The number of anilines is 1. The fourth-order valence-electron chi connectivity index (χ4n) is 4.05. The maximum Gasteiger partial charge on any atom is 0.234 e. The van der Waals surface area contributed by atoms with E-state index in [1.807, 2.05) is 24.3 Å². The Bertz CT molecular complexity index is 963. The maximum atomic E-state index is 12.9. The number of carbonyl (C=O) groups excluding carboxylic acids is 1. The summed E-state index contributed by atoms with van der Waals surface area (Å²) in [5.41, 5.74) is 5.12. The van der Waals surface area contributed by atoms with Gasteiger partial charge in [-0.05, 0) is 48.1 Å². The molecule has 0 bridgehead atoms. The van der Waals surface area contributed by atoms with Crippen LogP contribution in [-0.4, -0.2) is 43.5 Å². The molecule has 1 aliphatic rings. The van der Waals surface area contributed by atoms with E-state index in [1.165, 1.54) is 16.8 Å². The molecule has 0 aliphatic carbocycles. The van der Waals surface area contributed by atoms with Crippen molar-refractivity contribution in [1.82, 2.24) is 10.2 Å². The first kappa shape index (κ1) is 20.6. The van der Waals surface area contributed by atoms with Crippen molar-refractivity contribution < 1.29 is 4.79 Å². The Morgan fingerprint density at radius 2 is 1.73 bits per heavy atom. The summed E-state index contributed by atoms with van der Waals surface area (Å²) in [5, 5.41) is 5.32. The summed E-state index contributed by atoms with van der Waals surface area (Å²) in [5.74, 6) is 0.0810. The number of aryl methyl sites for hydroxylation is 1. The number of nitrogens with zero attached hydrogens (tertiary/aromatic N) is 2. The zero-order valence-electron chi connectivity index (χ0n) is 17.7. The van der Waals surface area contributed by atoms with E-state index in [9.17, 15) is 4.79 Å². The molecule has 0 spiro atoms. The first-order valence-corrected chi connectivity index (χ1v) is 11.4. The first-order chi connectivity index (χ1) is 14.6. The Kier molecular flexibility index (Phi) is 6.50. The minimum absolute atomic E-state index is 0.0810. The van der Waals surface area contributed by atoms with Crippen LogP contribution in [0.1, 0.15) is 27.6 Å². The maximum absolute atomic E-state index is 12.9. The fourth-order valence-corrected chi connectivity index (χ4v) is 4.86. The van der Waals surface area contributed by atoms with Crippen LogP contribution in [0.25, 0.3) is 0 Å². The SMILES string of the molecule is Cc1cccc(N2CCN(CC(=O)N[C@@H](c3ccccc3)c3cccs3)CC2)c1C. The summed E-state index contributed by atoms with van der Waals surface area (Å²) in [6.07, 6.45) is 0. The summed E-state index contributed by atoms with van der Waals surface area (Å²) in [7, 11) is 0. The Labute approximate surface area is 183 Å². The van der Waals surface area contributed by atoms with E-state index in [2.05, 4.69) is 70.7 Å². The minimum atomic E-state index is -0.0880. The van der Waals surface area contributed by atoms with Gasteiger partial charge in [-0.3, -0.25) is 9.69 Å². The molecule has 1 amide bonds. The molecule has 1 aliphatic heterocycles. The van der Waals surface area contributed by atoms with Crippen molar-refractivity contribution in [2.24, 2.45) is 0 Å². The van der Waals surface area contributed by atoms with E-state index in [4.69, 9.17) is 0 Å². The lowest BCUT2D eigenvalue weighted by atomic mass is 10.1. The molecule has 0 radical (unpaired) electrons. The van der Waals surface area contributed by atoms with Gasteiger partial charge in [0.1, 0.15) is 0 Å². The first-order valence-electron chi connectivity index (χ1n) is 10.5. The lowest BCUT2D eigenvalue weighted by Gasteiger charge is -2.37. The van der Waals surface area contributed by atoms with Gasteiger partial charge in [-0.1, -0.05) is 48.5 Å². The molecule has 1 N–H and O–H groups in total. The molecule has 4 nitrogen and oxygen atoms in total. The smallest absolute Gasteiger partial charge is 0.234 e. The number of hydrogen-bond donors (Lipinski definition) is 1. The Balaban J connectivity index is 1.36. The van der Waals surface area contributed by atoms with Crippen LogP contribution in [0, 0.1) is 13.8 Å². The molecule has 0 unspecified atom stereocenters. The zero-order chi connectivity index (χ0) is 20.9. The highest BCUT2D eigenvalue weighted by atomic mass is 32.1. The second-order valence-electron chi connectivity index (χ2n) is 7.91. The largest absolute Gasteiger partial charge is 0.369 e. The molecule has 4 rings (SSSR count). The van der Waals surface area contributed by atoms with Gasteiger partial charge in [-0.15, -0.1) is 11.3 Å². The van der Waals surface area contributed by atoms with Crippen molar-refractivity contribution in [3.8, 4) is 0 Å². The predicted molar refractivity (Wildman–Crippen MR) is 125 cm³/mol. The summed E-state index contributed by atoms with van der Waals surface area (Å²) >= 11 is 1.68. The lowest BCUT2D eigenvalue weighted by Crippen LogP contribution is -2.50. The van der Waals surface area contributed by atoms with Crippen molar-refractivity contribution in [1.29, 1.82) is 0 Å². The average Bonchev–Trinajstić information content (AvgIpc) is 3.30. The molecule has 156 valence electrons. The minimum Gasteiger partial charge on any atom is -0.369 e. The van der Waals surface area contributed by atoms with Crippen LogP contribution in [0.15, 0.2) is 66.0 Å². The zero-order valence-corrected chi connectivity index (χ0v) is 18.5. The number of amides is 1. The molecule has 2 aromatic carbocycles. The summed E-state index contributed by atoms with van der Waals surface area (Å²) in [6.45, 7) is 8.49. The van der Waals surface area contributed by atoms with E-state index in [0.717, 1.165) is 36.6 Å². The van der Waals surface area contributed by atoms with Gasteiger partial charge in [-0.25, -0.2) is 0 Å². The molecule has 3 aromatic rings. The molecule has 5 heteroatoms. The van der Waals surface area contributed by atoms with Crippen LogP contribution in [0.5, 0.6) is 0 Å². The van der Waals surface area contributed by atoms with Gasteiger partial charge in [-0.2, -0.15) is 0 Å². The Morgan fingerprint density at radius 3 is 2.43 bits per heavy atom. The predicted octanol–water partition coefficient (Wildman–Crippen LogP) is 4.39. The highest BCUT2D eigenvalue weighted by Crippen LogP contribution is 2.26. The number of piperazine rings is 1. The van der Waals surface area contributed by atoms with Gasteiger partial charge >= 0.3 is 0 Å². The standard InChI is InChI=1S/C25H29N3OS/c1-19-8-6-11-22(20(19)2)28-15-13-27(14-16-28)18-24(29)26-25(23-12-7-17-30-23)21-9-4-3-5-10-21/h3-12,17,25H,13-16,18H2,1-2H3,(H,26,29)/t25-/m0/s1. The van der Waals surface area contributed by atoms with Crippen molar-refractivity contribution >= 4 is 22.9 Å². The fraction of sp³-hybridized carbons (Fsp3) is 0.320. The van der Waals surface area contributed by atoms with E-state index in [-0.39, 0.29) is 11.9 Å². The third kappa shape index (κ3) is 4.74. The van der Waals surface area contributed by atoms with Crippen LogP contribution in [0.4, 0.5) is 5.69 Å². The van der Waals surface area contributed by atoms with Gasteiger partial charge in [0, 0.05) is 36.7 Å².